The smallest absolute Gasteiger partial charge is 0.418 e. The second-order valence-electron chi connectivity index (χ2n) is 3.72. The first kappa shape index (κ1) is 12.8. The number of rotatable bonds is 2. The molecule has 0 radical (unpaired) electrons. The summed E-state index contributed by atoms with van der Waals surface area (Å²) in [5.41, 5.74) is 0.592. The minimum absolute atomic E-state index is 0.104. The van der Waals surface area contributed by atoms with Crippen LogP contribution in [-0.2, 0) is 14.3 Å². The van der Waals surface area contributed by atoms with E-state index in [2.05, 4.69) is 9.47 Å². The lowest BCUT2D eigenvalue weighted by Crippen LogP contribution is -2.15. The van der Waals surface area contributed by atoms with Crippen LogP contribution >= 0.6 is 0 Å². The number of fused-ring (bicyclic) bond motifs is 1. The van der Waals surface area contributed by atoms with E-state index in [1.165, 1.54) is 17.9 Å². The zero-order chi connectivity index (χ0) is 14.0. The molecule has 1 heterocycles. The van der Waals surface area contributed by atoms with Crippen LogP contribution in [0.1, 0.15) is 10.4 Å². The third-order valence-corrected chi connectivity index (χ3v) is 2.70. The van der Waals surface area contributed by atoms with Gasteiger partial charge < -0.3 is 9.47 Å². The fourth-order valence-corrected chi connectivity index (χ4v) is 1.81. The van der Waals surface area contributed by atoms with Gasteiger partial charge in [0.25, 0.3) is 5.78 Å². The summed E-state index contributed by atoms with van der Waals surface area (Å²) in [6.45, 7) is 0. The van der Waals surface area contributed by atoms with Crippen molar-refractivity contribution in [2.24, 2.45) is 0 Å². The highest BCUT2D eigenvalue weighted by atomic mass is 16.5. The summed E-state index contributed by atoms with van der Waals surface area (Å²) in [4.78, 5) is 34.8. The number of carbonyl (C=O) groups excluding carboxylic acids is 3. The first-order valence-electron chi connectivity index (χ1n) is 5.41. The molecule has 0 saturated heterocycles. The number of Topliss-reactive ketones (excluding diaryl/α,β-unsaturated/α-hetero) is 1. The lowest BCUT2D eigenvalue weighted by molar-refractivity contribution is -0.135. The van der Waals surface area contributed by atoms with Gasteiger partial charge >= 0.3 is 12.1 Å². The topological polar surface area (TPSA) is 74.6 Å². The molecule has 0 amide bonds. The molecule has 0 N–H and O–H groups in total. The van der Waals surface area contributed by atoms with E-state index in [9.17, 15) is 14.4 Å². The number of ether oxygens (including phenoxy) is 2. The second-order valence-corrected chi connectivity index (χ2v) is 3.72. The first-order valence-corrected chi connectivity index (χ1v) is 5.41. The molecule has 2 rings (SSSR count). The summed E-state index contributed by atoms with van der Waals surface area (Å²) in [6.07, 6.45) is 0.635. The highest BCUT2D eigenvalue weighted by Crippen LogP contribution is 2.22. The molecule has 0 saturated carbocycles. The number of nitrogens with zero attached hydrogens (tertiary/aromatic N) is 1. The predicted molar refractivity (Wildman–Crippen MR) is 66.1 cm³/mol. The van der Waals surface area contributed by atoms with Crippen molar-refractivity contribution in [1.29, 1.82) is 0 Å². The van der Waals surface area contributed by atoms with Crippen LogP contribution in [0.2, 0.25) is 0 Å². The largest absolute Gasteiger partial charge is 0.463 e. The minimum Gasteiger partial charge on any atom is -0.463 e. The Morgan fingerprint density at radius 1 is 1.05 bits per heavy atom. The van der Waals surface area contributed by atoms with Crippen LogP contribution in [0.4, 0.5) is 4.79 Å². The van der Waals surface area contributed by atoms with E-state index in [1.54, 1.807) is 24.3 Å². The molecule has 0 bridgehead atoms. The third kappa shape index (κ3) is 2.08. The number of ketones is 1. The fraction of sp³-hybridized carbons (Fsp3) is 0.154. The van der Waals surface area contributed by atoms with E-state index in [-0.39, 0.29) is 5.56 Å². The molecule has 98 valence electrons. The summed E-state index contributed by atoms with van der Waals surface area (Å²) < 4.78 is 10.2. The Hall–Kier alpha value is -2.63. The Morgan fingerprint density at radius 2 is 1.74 bits per heavy atom. The third-order valence-electron chi connectivity index (χ3n) is 2.70. The summed E-state index contributed by atoms with van der Waals surface area (Å²) in [5, 5.41) is 0.489. The van der Waals surface area contributed by atoms with Gasteiger partial charge in [0.15, 0.2) is 0 Å². The zero-order valence-corrected chi connectivity index (χ0v) is 10.4. The van der Waals surface area contributed by atoms with Crippen LogP contribution in [0.25, 0.3) is 10.9 Å². The first-order chi connectivity index (χ1) is 9.10. The minimum atomic E-state index is -0.979. The Labute approximate surface area is 108 Å². The second kappa shape index (κ2) is 4.93. The van der Waals surface area contributed by atoms with Crippen molar-refractivity contribution in [2.75, 3.05) is 14.2 Å². The van der Waals surface area contributed by atoms with Crippen molar-refractivity contribution < 1.29 is 23.9 Å². The highest BCUT2D eigenvalue weighted by molar-refractivity contribution is 6.43. The lowest BCUT2D eigenvalue weighted by atomic mass is 10.1. The van der Waals surface area contributed by atoms with E-state index >= 15 is 0 Å². The van der Waals surface area contributed by atoms with Crippen LogP contribution < -0.4 is 0 Å². The molecule has 19 heavy (non-hydrogen) atoms. The summed E-state index contributed by atoms with van der Waals surface area (Å²) >= 11 is 0. The van der Waals surface area contributed by atoms with E-state index in [0.717, 1.165) is 7.11 Å². The molecule has 2 aromatic rings. The van der Waals surface area contributed by atoms with Gasteiger partial charge in [-0.2, -0.15) is 0 Å². The zero-order valence-electron chi connectivity index (χ0n) is 10.4. The van der Waals surface area contributed by atoms with Gasteiger partial charge in [-0.05, 0) is 6.07 Å². The number of para-hydroxylation sites is 1. The molecule has 6 heteroatoms. The highest BCUT2D eigenvalue weighted by Gasteiger charge is 2.23. The number of aromatic nitrogens is 1. The average molecular weight is 261 g/mol. The van der Waals surface area contributed by atoms with Crippen molar-refractivity contribution >= 4 is 28.7 Å². The number of hydrogen-bond acceptors (Lipinski definition) is 5. The molecular weight excluding hydrogens is 250 g/mol. The van der Waals surface area contributed by atoms with Gasteiger partial charge in [0.05, 0.1) is 25.3 Å². The molecule has 0 spiro atoms. The van der Waals surface area contributed by atoms with Crippen molar-refractivity contribution in [2.45, 2.75) is 0 Å². The van der Waals surface area contributed by atoms with Crippen molar-refractivity contribution in [3.8, 4) is 0 Å². The Balaban J connectivity index is 2.66. The fourth-order valence-electron chi connectivity index (χ4n) is 1.81. The maximum Gasteiger partial charge on any atom is 0.418 e. The number of hydrogen-bond donors (Lipinski definition) is 0. The molecule has 1 aromatic carbocycles. The van der Waals surface area contributed by atoms with Gasteiger partial charge in [0.2, 0.25) is 0 Å². The van der Waals surface area contributed by atoms with Gasteiger partial charge in [0, 0.05) is 11.6 Å². The molecule has 0 unspecified atom stereocenters. The van der Waals surface area contributed by atoms with Gasteiger partial charge in [0.1, 0.15) is 0 Å². The van der Waals surface area contributed by atoms with Crippen LogP contribution in [-0.4, -0.2) is 36.6 Å². The normalized spacial score (nSPS) is 10.2. The lowest BCUT2D eigenvalue weighted by Gasteiger charge is -2.00. The van der Waals surface area contributed by atoms with Crippen LogP contribution in [0, 0.1) is 0 Å². The molecule has 0 atom stereocenters. The SMILES string of the molecule is COC(=O)C(=O)c1cn(C(=O)OC)c2ccccc12. The average Bonchev–Trinajstić information content (AvgIpc) is 2.84. The monoisotopic (exact) mass is 261 g/mol. The molecule has 0 aliphatic heterocycles. The molecule has 0 aliphatic carbocycles. The summed E-state index contributed by atoms with van der Waals surface area (Å²) in [7, 11) is 2.36. The Kier molecular flexibility index (Phi) is 3.33. The van der Waals surface area contributed by atoms with Crippen LogP contribution in [0.15, 0.2) is 30.5 Å². The predicted octanol–water partition coefficient (Wildman–Crippen LogP) is 1.61. The van der Waals surface area contributed by atoms with E-state index in [1.807, 2.05) is 0 Å². The van der Waals surface area contributed by atoms with Gasteiger partial charge in [-0.3, -0.25) is 9.36 Å². The Morgan fingerprint density at radius 3 is 2.37 bits per heavy atom. The van der Waals surface area contributed by atoms with E-state index in [0.29, 0.717) is 10.9 Å². The summed E-state index contributed by atoms with van der Waals surface area (Å²) in [6, 6.07) is 6.72. The van der Waals surface area contributed by atoms with E-state index in [4.69, 9.17) is 0 Å². The van der Waals surface area contributed by atoms with Gasteiger partial charge in [-0.15, -0.1) is 0 Å². The standard InChI is InChI=1S/C13H11NO5/c1-18-12(16)11(15)9-7-14(13(17)19-2)10-6-4-3-5-8(9)10/h3-7H,1-2H3. The number of carbonyl (C=O) groups is 3. The van der Waals surface area contributed by atoms with E-state index < -0.39 is 17.8 Å². The molecule has 1 aromatic heterocycles. The number of methoxy groups -OCH3 is 2. The van der Waals surface area contributed by atoms with Crippen LogP contribution in [0.5, 0.6) is 0 Å². The van der Waals surface area contributed by atoms with Crippen molar-refractivity contribution in [1.82, 2.24) is 4.57 Å². The number of benzene rings is 1. The molecule has 0 aliphatic rings. The maximum atomic E-state index is 11.9. The quantitative estimate of drug-likeness (QED) is 0.466. The number of esters is 1. The van der Waals surface area contributed by atoms with Crippen molar-refractivity contribution in [3.63, 3.8) is 0 Å². The van der Waals surface area contributed by atoms with Gasteiger partial charge in [-0.1, -0.05) is 18.2 Å². The van der Waals surface area contributed by atoms with Crippen molar-refractivity contribution in [3.05, 3.63) is 36.0 Å². The maximum absolute atomic E-state index is 11.9. The summed E-state index contributed by atoms with van der Waals surface area (Å²) in [5.74, 6) is -1.78. The van der Waals surface area contributed by atoms with Gasteiger partial charge in [-0.25, -0.2) is 9.59 Å². The molecule has 0 fully saturated rings. The van der Waals surface area contributed by atoms with Crippen LogP contribution in [0.3, 0.4) is 0 Å². The molecular formula is C13H11NO5. The Bertz CT molecular complexity index is 671. The molecule has 6 nitrogen and oxygen atoms in total.